The minimum atomic E-state index is -0.789. The van der Waals surface area contributed by atoms with E-state index in [-0.39, 0.29) is 11.8 Å². The third-order valence-electron chi connectivity index (χ3n) is 3.37. The summed E-state index contributed by atoms with van der Waals surface area (Å²) >= 11 is 0. The molecule has 0 amide bonds. The van der Waals surface area contributed by atoms with Gasteiger partial charge in [-0.25, -0.2) is 4.98 Å². The number of aliphatic carboxylic acids is 1. The summed E-state index contributed by atoms with van der Waals surface area (Å²) in [6, 6.07) is 6.16. The molecule has 0 unspecified atom stereocenters. The summed E-state index contributed by atoms with van der Waals surface area (Å²) in [7, 11) is 1.94. The minimum Gasteiger partial charge on any atom is -0.481 e. The lowest BCUT2D eigenvalue weighted by atomic mass is 9.86. The van der Waals surface area contributed by atoms with Crippen LogP contribution in [0.1, 0.15) is 38.6 Å². The van der Waals surface area contributed by atoms with Gasteiger partial charge in [0.2, 0.25) is 0 Å². The van der Waals surface area contributed by atoms with Crippen LogP contribution in [0, 0.1) is 0 Å². The first-order valence-electron chi connectivity index (χ1n) is 6.47. The number of para-hydroxylation sites is 1. The fourth-order valence-electron chi connectivity index (χ4n) is 2.31. The quantitative estimate of drug-likeness (QED) is 0.923. The number of carboxylic acids is 1. The smallest absolute Gasteiger partial charge is 0.303 e. The van der Waals surface area contributed by atoms with Crippen molar-refractivity contribution < 1.29 is 9.90 Å². The largest absolute Gasteiger partial charge is 0.481 e. The van der Waals surface area contributed by atoms with Gasteiger partial charge in [0.15, 0.2) is 0 Å². The van der Waals surface area contributed by atoms with Gasteiger partial charge in [-0.05, 0) is 17.0 Å². The highest BCUT2D eigenvalue weighted by molar-refractivity contribution is 5.81. The van der Waals surface area contributed by atoms with E-state index in [4.69, 9.17) is 5.11 Å². The summed E-state index contributed by atoms with van der Waals surface area (Å²) < 4.78 is 1.99. The van der Waals surface area contributed by atoms with Gasteiger partial charge in [-0.15, -0.1) is 0 Å². The van der Waals surface area contributed by atoms with Gasteiger partial charge in [0.1, 0.15) is 5.82 Å². The molecule has 0 atom stereocenters. The van der Waals surface area contributed by atoms with Crippen LogP contribution in [0.3, 0.4) is 0 Å². The highest BCUT2D eigenvalue weighted by Crippen LogP contribution is 2.29. The second-order valence-corrected chi connectivity index (χ2v) is 5.90. The molecule has 0 bridgehead atoms. The summed E-state index contributed by atoms with van der Waals surface area (Å²) in [4.78, 5) is 15.3. The Hall–Kier alpha value is -1.84. The van der Waals surface area contributed by atoms with E-state index in [2.05, 4.69) is 31.8 Å². The number of imidazole rings is 1. The number of fused-ring (bicyclic) bond motifs is 1. The summed E-state index contributed by atoms with van der Waals surface area (Å²) in [6.07, 6.45) is 0.576. The van der Waals surface area contributed by atoms with E-state index in [1.807, 2.05) is 23.7 Å². The van der Waals surface area contributed by atoms with Gasteiger partial charge >= 0.3 is 5.97 Å². The van der Waals surface area contributed by atoms with Crippen LogP contribution in [0.15, 0.2) is 18.2 Å². The molecule has 0 spiro atoms. The third-order valence-corrected chi connectivity index (χ3v) is 3.37. The molecule has 1 heterocycles. The van der Waals surface area contributed by atoms with Crippen molar-refractivity contribution in [3.63, 3.8) is 0 Å². The fourth-order valence-corrected chi connectivity index (χ4v) is 2.31. The molecule has 0 aliphatic rings. The monoisotopic (exact) mass is 260 g/mol. The average Bonchev–Trinajstić information content (AvgIpc) is 2.62. The Balaban J connectivity index is 2.53. The maximum atomic E-state index is 10.7. The summed E-state index contributed by atoms with van der Waals surface area (Å²) in [5.74, 6) is 0.0391. The molecule has 4 nitrogen and oxygen atoms in total. The number of carboxylic acid groups (broad SMARTS) is 1. The highest BCUT2D eigenvalue weighted by atomic mass is 16.4. The molecule has 0 fully saturated rings. The Morgan fingerprint density at radius 3 is 2.63 bits per heavy atom. The van der Waals surface area contributed by atoms with Crippen LogP contribution in [0.4, 0.5) is 0 Å². The van der Waals surface area contributed by atoms with Gasteiger partial charge in [0.25, 0.3) is 0 Å². The molecule has 0 aliphatic heterocycles. The minimum absolute atomic E-state index is 0.0257. The SMILES string of the molecule is Cn1c(CCC(=O)O)nc2c(C(C)(C)C)cccc21. The molecule has 2 rings (SSSR count). The van der Waals surface area contributed by atoms with Crippen molar-refractivity contribution in [2.75, 3.05) is 0 Å². The van der Waals surface area contributed by atoms with E-state index in [1.54, 1.807) is 0 Å². The van der Waals surface area contributed by atoms with E-state index >= 15 is 0 Å². The fraction of sp³-hybridized carbons (Fsp3) is 0.467. The highest BCUT2D eigenvalue weighted by Gasteiger charge is 2.20. The average molecular weight is 260 g/mol. The van der Waals surface area contributed by atoms with Crippen LogP contribution in [-0.2, 0) is 23.7 Å². The Morgan fingerprint density at radius 1 is 1.37 bits per heavy atom. The zero-order chi connectivity index (χ0) is 14.2. The lowest BCUT2D eigenvalue weighted by molar-refractivity contribution is -0.137. The second kappa shape index (κ2) is 4.68. The first kappa shape index (κ1) is 13.6. The van der Waals surface area contributed by atoms with Crippen LogP contribution in [-0.4, -0.2) is 20.6 Å². The van der Waals surface area contributed by atoms with Crippen molar-refractivity contribution in [2.24, 2.45) is 7.05 Å². The van der Waals surface area contributed by atoms with Gasteiger partial charge in [-0.2, -0.15) is 0 Å². The molecule has 0 saturated heterocycles. The number of carbonyl (C=O) groups is 1. The molecule has 19 heavy (non-hydrogen) atoms. The standard InChI is InChI=1S/C15H20N2O2/c1-15(2,3)10-6-5-7-11-14(10)16-12(17(11)4)8-9-13(18)19/h5-7H,8-9H2,1-4H3,(H,18,19). The Bertz CT molecular complexity index is 621. The number of hydrogen-bond donors (Lipinski definition) is 1. The van der Waals surface area contributed by atoms with Gasteiger partial charge in [-0.3, -0.25) is 4.79 Å². The van der Waals surface area contributed by atoms with Crippen molar-refractivity contribution >= 4 is 17.0 Å². The molecule has 0 saturated carbocycles. The van der Waals surface area contributed by atoms with E-state index in [0.29, 0.717) is 6.42 Å². The second-order valence-electron chi connectivity index (χ2n) is 5.90. The van der Waals surface area contributed by atoms with E-state index in [0.717, 1.165) is 16.9 Å². The molecular weight excluding hydrogens is 240 g/mol. The number of benzene rings is 1. The third kappa shape index (κ3) is 2.62. The zero-order valence-electron chi connectivity index (χ0n) is 11.9. The first-order valence-corrected chi connectivity index (χ1v) is 6.47. The van der Waals surface area contributed by atoms with Crippen molar-refractivity contribution in [1.82, 2.24) is 9.55 Å². The summed E-state index contributed by atoms with van der Waals surface area (Å²) in [5, 5.41) is 8.79. The molecule has 0 radical (unpaired) electrons. The van der Waals surface area contributed by atoms with Crippen molar-refractivity contribution in [3.05, 3.63) is 29.6 Å². The van der Waals surface area contributed by atoms with Crippen molar-refractivity contribution in [2.45, 2.75) is 39.0 Å². The predicted octanol–water partition coefficient (Wildman–Crippen LogP) is 2.89. The van der Waals surface area contributed by atoms with Gasteiger partial charge < -0.3 is 9.67 Å². The Labute approximate surface area is 113 Å². The van der Waals surface area contributed by atoms with E-state index in [9.17, 15) is 4.79 Å². The molecule has 0 aliphatic carbocycles. The molecule has 1 N–H and O–H groups in total. The number of hydrogen-bond acceptors (Lipinski definition) is 2. The Kier molecular flexibility index (Phi) is 3.35. The molecule has 102 valence electrons. The normalized spacial score (nSPS) is 12.0. The molecule has 4 heteroatoms. The van der Waals surface area contributed by atoms with Gasteiger partial charge in [-0.1, -0.05) is 32.9 Å². The van der Waals surface area contributed by atoms with Crippen LogP contribution >= 0.6 is 0 Å². The maximum absolute atomic E-state index is 10.7. The summed E-state index contributed by atoms with van der Waals surface area (Å²) in [5.41, 5.74) is 3.27. The molecular formula is C15H20N2O2. The Morgan fingerprint density at radius 2 is 2.05 bits per heavy atom. The van der Waals surface area contributed by atoms with Crippen molar-refractivity contribution in [3.8, 4) is 0 Å². The number of rotatable bonds is 3. The van der Waals surface area contributed by atoms with Gasteiger partial charge in [0, 0.05) is 13.5 Å². The summed E-state index contributed by atoms with van der Waals surface area (Å²) in [6.45, 7) is 6.48. The van der Waals surface area contributed by atoms with Crippen LogP contribution in [0.25, 0.3) is 11.0 Å². The number of nitrogens with zero attached hydrogens (tertiary/aromatic N) is 2. The zero-order valence-corrected chi connectivity index (χ0v) is 11.9. The van der Waals surface area contributed by atoms with Crippen LogP contribution in [0.2, 0.25) is 0 Å². The first-order chi connectivity index (χ1) is 8.80. The van der Waals surface area contributed by atoms with Crippen LogP contribution in [0.5, 0.6) is 0 Å². The topological polar surface area (TPSA) is 55.1 Å². The lowest BCUT2D eigenvalue weighted by Gasteiger charge is -2.19. The van der Waals surface area contributed by atoms with Gasteiger partial charge in [0.05, 0.1) is 17.5 Å². The van der Waals surface area contributed by atoms with E-state index < -0.39 is 5.97 Å². The molecule has 1 aromatic heterocycles. The predicted molar refractivity (Wildman–Crippen MR) is 75.4 cm³/mol. The molecule has 1 aromatic carbocycles. The molecule has 2 aromatic rings. The number of aryl methyl sites for hydroxylation is 2. The van der Waals surface area contributed by atoms with E-state index in [1.165, 1.54) is 5.56 Å². The lowest BCUT2D eigenvalue weighted by Crippen LogP contribution is -2.11. The number of aromatic nitrogens is 2. The maximum Gasteiger partial charge on any atom is 0.303 e. The van der Waals surface area contributed by atoms with Crippen LogP contribution < -0.4 is 0 Å². The van der Waals surface area contributed by atoms with Crippen molar-refractivity contribution in [1.29, 1.82) is 0 Å².